The summed E-state index contributed by atoms with van der Waals surface area (Å²) in [6, 6.07) is 16.9. The molecule has 1 amide bonds. The third-order valence-corrected chi connectivity index (χ3v) is 5.99. The number of hydrogen-bond acceptors (Lipinski definition) is 4. The number of likely N-dealkylation sites (N-methyl/N-ethyl adjacent to an activating group) is 2. The molecule has 0 unspecified atom stereocenters. The molecular formula is C24H23Cl2N3O2. The number of ether oxygens (including phenoxy) is 1. The number of hydrogen-bond donors (Lipinski definition) is 1. The van der Waals surface area contributed by atoms with Gasteiger partial charge in [0.05, 0.1) is 28.3 Å². The van der Waals surface area contributed by atoms with Crippen molar-refractivity contribution in [2.45, 2.75) is 5.92 Å². The zero-order valence-corrected chi connectivity index (χ0v) is 19.1. The standard InChI is InChI=1S/C24H23Cl2N3O2/c1-28-13-18(15-8-9-20(25)21(26)11-15)14-29(2)24(30)22-19-7-5-4-6-16(19)10-17(12-27)23(22)31-3/h4-11,18,28H,13-14H2,1-3H3/t18-/m1/s1. The quantitative estimate of drug-likeness (QED) is 0.537. The summed E-state index contributed by atoms with van der Waals surface area (Å²) in [6.45, 7) is 1.08. The first-order chi connectivity index (χ1) is 14.9. The van der Waals surface area contributed by atoms with E-state index in [4.69, 9.17) is 27.9 Å². The van der Waals surface area contributed by atoms with E-state index in [9.17, 15) is 10.1 Å². The third kappa shape index (κ3) is 4.77. The van der Waals surface area contributed by atoms with Crippen molar-refractivity contribution in [3.8, 4) is 11.8 Å². The van der Waals surface area contributed by atoms with Gasteiger partial charge in [-0.2, -0.15) is 5.26 Å². The smallest absolute Gasteiger partial charge is 0.258 e. The first-order valence-electron chi connectivity index (χ1n) is 9.76. The summed E-state index contributed by atoms with van der Waals surface area (Å²) in [4.78, 5) is 15.2. The molecule has 0 saturated heterocycles. The first kappa shape index (κ1) is 22.9. The summed E-state index contributed by atoms with van der Waals surface area (Å²) in [5.41, 5.74) is 1.69. The number of nitrogens with zero attached hydrogens (tertiary/aromatic N) is 2. The molecule has 5 nitrogen and oxygen atoms in total. The summed E-state index contributed by atoms with van der Waals surface area (Å²) in [7, 11) is 5.08. The zero-order chi connectivity index (χ0) is 22.5. The van der Waals surface area contributed by atoms with Crippen LogP contribution in [0.5, 0.6) is 5.75 Å². The number of carbonyl (C=O) groups is 1. The van der Waals surface area contributed by atoms with Gasteiger partial charge in [-0.15, -0.1) is 0 Å². The molecule has 0 aromatic heterocycles. The molecule has 0 heterocycles. The lowest BCUT2D eigenvalue weighted by Crippen LogP contribution is -2.34. The van der Waals surface area contributed by atoms with Crippen LogP contribution in [0.2, 0.25) is 10.0 Å². The molecule has 0 bridgehead atoms. The number of methoxy groups -OCH3 is 1. The Labute approximate surface area is 192 Å². The predicted molar refractivity (Wildman–Crippen MR) is 125 cm³/mol. The maximum absolute atomic E-state index is 13.6. The molecule has 0 aliphatic heterocycles. The highest BCUT2D eigenvalue weighted by atomic mass is 35.5. The van der Waals surface area contributed by atoms with Crippen LogP contribution in [0.4, 0.5) is 0 Å². The minimum Gasteiger partial charge on any atom is -0.495 e. The lowest BCUT2D eigenvalue weighted by Gasteiger charge is -2.26. The van der Waals surface area contributed by atoms with Gasteiger partial charge in [-0.25, -0.2) is 0 Å². The van der Waals surface area contributed by atoms with Crippen LogP contribution in [0.1, 0.15) is 27.4 Å². The van der Waals surface area contributed by atoms with Gasteiger partial charge in [-0.1, -0.05) is 53.5 Å². The molecule has 0 spiro atoms. The van der Waals surface area contributed by atoms with Gasteiger partial charge in [0.1, 0.15) is 11.8 Å². The van der Waals surface area contributed by atoms with Gasteiger partial charge < -0.3 is 15.0 Å². The molecular weight excluding hydrogens is 433 g/mol. The van der Waals surface area contributed by atoms with Crippen LogP contribution in [0.25, 0.3) is 10.8 Å². The number of nitrogens with one attached hydrogen (secondary N) is 1. The number of nitriles is 1. The maximum atomic E-state index is 13.6. The van der Waals surface area contributed by atoms with Crippen LogP contribution in [0.3, 0.4) is 0 Å². The van der Waals surface area contributed by atoms with Gasteiger partial charge in [0.15, 0.2) is 0 Å². The molecule has 0 aliphatic rings. The monoisotopic (exact) mass is 455 g/mol. The van der Waals surface area contributed by atoms with E-state index in [1.165, 1.54) is 7.11 Å². The molecule has 1 atom stereocenters. The number of carbonyl (C=O) groups excluding carboxylic acids is 1. The summed E-state index contributed by atoms with van der Waals surface area (Å²) in [5, 5.41) is 15.3. The minimum absolute atomic E-state index is 0.00914. The molecule has 0 radical (unpaired) electrons. The van der Waals surface area contributed by atoms with E-state index in [2.05, 4.69) is 11.4 Å². The van der Waals surface area contributed by atoms with Crippen LogP contribution in [0, 0.1) is 11.3 Å². The van der Waals surface area contributed by atoms with Gasteiger partial charge in [-0.05, 0) is 41.6 Å². The Kier molecular flexibility index (Phi) is 7.40. The van der Waals surface area contributed by atoms with Crippen LogP contribution >= 0.6 is 23.2 Å². The first-order valence-corrected chi connectivity index (χ1v) is 10.5. The maximum Gasteiger partial charge on any atom is 0.258 e. The van der Waals surface area contributed by atoms with Crippen molar-refractivity contribution < 1.29 is 9.53 Å². The summed E-state index contributed by atoms with van der Waals surface area (Å²) in [5.74, 6) is 0.0641. The SMILES string of the molecule is CNC[C@H](CN(C)C(=O)c1c(OC)c(C#N)cc2ccccc12)c1ccc(Cl)c(Cl)c1. The molecule has 3 rings (SSSR count). The van der Waals surface area contributed by atoms with Crippen molar-refractivity contribution in [3.63, 3.8) is 0 Å². The third-order valence-electron chi connectivity index (χ3n) is 5.25. The fourth-order valence-corrected chi connectivity index (χ4v) is 4.05. The van der Waals surface area contributed by atoms with E-state index in [1.807, 2.05) is 43.4 Å². The number of benzene rings is 3. The van der Waals surface area contributed by atoms with Crippen LogP contribution in [-0.4, -0.2) is 45.1 Å². The van der Waals surface area contributed by atoms with E-state index in [0.29, 0.717) is 34.3 Å². The van der Waals surface area contributed by atoms with Crippen molar-refractivity contribution >= 4 is 39.9 Å². The Hall–Kier alpha value is -2.78. The van der Waals surface area contributed by atoms with E-state index < -0.39 is 0 Å². The van der Waals surface area contributed by atoms with Crippen molar-refractivity contribution in [1.82, 2.24) is 10.2 Å². The van der Waals surface area contributed by atoms with Gasteiger partial charge in [0, 0.05) is 26.1 Å². The van der Waals surface area contributed by atoms with Crippen LogP contribution < -0.4 is 10.1 Å². The lowest BCUT2D eigenvalue weighted by molar-refractivity contribution is 0.0785. The zero-order valence-electron chi connectivity index (χ0n) is 17.6. The average molecular weight is 456 g/mol. The highest BCUT2D eigenvalue weighted by molar-refractivity contribution is 6.42. The number of halogens is 2. The van der Waals surface area contributed by atoms with E-state index >= 15 is 0 Å². The topological polar surface area (TPSA) is 65.4 Å². The fraction of sp³-hybridized carbons (Fsp3) is 0.250. The Morgan fingerprint density at radius 1 is 1.19 bits per heavy atom. The average Bonchev–Trinajstić information content (AvgIpc) is 2.78. The number of fused-ring (bicyclic) bond motifs is 1. The Balaban J connectivity index is 2.01. The van der Waals surface area contributed by atoms with E-state index in [-0.39, 0.29) is 17.6 Å². The Bertz CT molecular complexity index is 1160. The second kappa shape index (κ2) is 10.0. The fourth-order valence-electron chi connectivity index (χ4n) is 3.74. The van der Waals surface area contributed by atoms with Crippen molar-refractivity contribution in [3.05, 3.63) is 75.3 Å². The molecule has 3 aromatic rings. The predicted octanol–water partition coefficient (Wildman–Crippen LogP) is 5.10. The summed E-state index contributed by atoms with van der Waals surface area (Å²) < 4.78 is 5.50. The normalized spacial score (nSPS) is 11.7. The Morgan fingerprint density at radius 2 is 1.94 bits per heavy atom. The number of rotatable bonds is 7. The molecule has 0 aliphatic carbocycles. The van der Waals surface area contributed by atoms with Crippen LogP contribution in [-0.2, 0) is 0 Å². The lowest BCUT2D eigenvalue weighted by atomic mass is 9.96. The molecule has 31 heavy (non-hydrogen) atoms. The molecule has 3 aromatic carbocycles. The van der Waals surface area contributed by atoms with Gasteiger partial charge in [0.2, 0.25) is 0 Å². The summed E-state index contributed by atoms with van der Waals surface area (Å²) >= 11 is 12.3. The van der Waals surface area contributed by atoms with Gasteiger partial charge >= 0.3 is 0 Å². The highest BCUT2D eigenvalue weighted by Gasteiger charge is 2.25. The van der Waals surface area contributed by atoms with Crippen molar-refractivity contribution in [2.24, 2.45) is 0 Å². The second-order valence-electron chi connectivity index (χ2n) is 7.28. The summed E-state index contributed by atoms with van der Waals surface area (Å²) in [6.07, 6.45) is 0. The van der Waals surface area contributed by atoms with Crippen LogP contribution in [0.15, 0.2) is 48.5 Å². The number of amides is 1. The molecule has 160 valence electrons. The van der Waals surface area contributed by atoms with E-state index in [0.717, 1.165) is 16.3 Å². The largest absolute Gasteiger partial charge is 0.495 e. The second-order valence-corrected chi connectivity index (χ2v) is 8.09. The van der Waals surface area contributed by atoms with E-state index in [1.54, 1.807) is 24.1 Å². The van der Waals surface area contributed by atoms with Gasteiger partial charge in [0.25, 0.3) is 5.91 Å². The minimum atomic E-state index is -0.216. The highest BCUT2D eigenvalue weighted by Crippen LogP contribution is 2.33. The van der Waals surface area contributed by atoms with Gasteiger partial charge in [-0.3, -0.25) is 4.79 Å². The van der Waals surface area contributed by atoms with Crippen molar-refractivity contribution in [2.75, 3.05) is 34.3 Å². The molecule has 0 fully saturated rings. The molecule has 0 saturated carbocycles. The molecule has 1 N–H and O–H groups in total. The Morgan fingerprint density at radius 3 is 2.58 bits per heavy atom. The van der Waals surface area contributed by atoms with Crippen molar-refractivity contribution in [1.29, 1.82) is 5.26 Å². The molecule has 7 heteroatoms.